The summed E-state index contributed by atoms with van der Waals surface area (Å²) in [7, 11) is -3.30. The molecule has 0 unspecified atom stereocenters. The van der Waals surface area contributed by atoms with Crippen molar-refractivity contribution in [2.45, 2.75) is 0 Å². The van der Waals surface area contributed by atoms with Crippen LogP contribution in [0.4, 0.5) is 0 Å². The van der Waals surface area contributed by atoms with Crippen LogP contribution in [0.2, 0.25) is 0 Å². The van der Waals surface area contributed by atoms with Gasteiger partial charge in [0.15, 0.2) is 34.9 Å². The van der Waals surface area contributed by atoms with Crippen LogP contribution in [0.25, 0.3) is 68.6 Å². The van der Waals surface area contributed by atoms with Gasteiger partial charge < -0.3 is 0 Å². The molecule has 9 heteroatoms. The van der Waals surface area contributed by atoms with Crippen molar-refractivity contribution in [1.29, 1.82) is 0 Å². The lowest BCUT2D eigenvalue weighted by molar-refractivity contribution is 1.06. The molecule has 0 fully saturated rings. The Morgan fingerprint density at radius 3 is 0.770 bits per heavy atom. The van der Waals surface area contributed by atoms with Gasteiger partial charge >= 0.3 is 0 Å². The fraction of sp³-hybridized carbons (Fsp3) is 0. The predicted molar refractivity (Wildman–Crippen MR) is 245 cm³/mol. The Bertz CT molecular complexity index is 2740. The molecule has 0 amide bonds. The van der Waals surface area contributed by atoms with E-state index >= 15 is 0 Å². The molecule has 0 spiro atoms. The van der Waals surface area contributed by atoms with E-state index in [1.54, 1.807) is 0 Å². The number of benzene rings is 6. The van der Waals surface area contributed by atoms with E-state index < -0.39 is 8.07 Å². The lowest BCUT2D eigenvalue weighted by Gasteiger charge is -2.32. The Labute approximate surface area is 354 Å². The average Bonchev–Trinajstić information content (AvgIpc) is 3.36. The second-order valence-electron chi connectivity index (χ2n) is 14.4. The SMILES string of the molecule is c1ccc(-c2nc(-c3ccccc3)nc(-c3cccc([Si](c4ccccc4)(c4ccccc4)c4cccc(-c5nc(-c6ccccc6)nc(-c6ccccc6)n5)n4)n3)n2)cc1. The summed E-state index contributed by atoms with van der Waals surface area (Å²) in [6.45, 7) is 0. The van der Waals surface area contributed by atoms with Gasteiger partial charge in [0.25, 0.3) is 0 Å². The smallest absolute Gasteiger partial charge is 0.223 e. The zero-order valence-electron chi connectivity index (χ0n) is 32.9. The highest BCUT2D eigenvalue weighted by Gasteiger charge is 2.45. The van der Waals surface area contributed by atoms with Crippen LogP contribution in [-0.4, -0.2) is 47.9 Å². The maximum atomic E-state index is 5.55. The normalized spacial score (nSPS) is 11.3. The summed E-state index contributed by atoms with van der Waals surface area (Å²) in [6.07, 6.45) is 0. The van der Waals surface area contributed by atoms with Gasteiger partial charge in [-0.1, -0.05) is 194 Å². The van der Waals surface area contributed by atoms with Crippen LogP contribution in [0.15, 0.2) is 218 Å². The zero-order chi connectivity index (χ0) is 40.9. The second-order valence-corrected chi connectivity index (χ2v) is 18.1. The van der Waals surface area contributed by atoms with Crippen LogP contribution < -0.4 is 21.0 Å². The van der Waals surface area contributed by atoms with Gasteiger partial charge in [0.05, 0.1) is 0 Å². The molecule has 6 aromatic carbocycles. The average molecular weight is 801 g/mol. The molecule has 10 aromatic rings. The van der Waals surface area contributed by atoms with Crippen molar-refractivity contribution in [1.82, 2.24) is 39.9 Å². The van der Waals surface area contributed by atoms with Gasteiger partial charge in [-0.05, 0) is 34.6 Å². The molecule has 0 saturated heterocycles. The van der Waals surface area contributed by atoms with E-state index in [0.29, 0.717) is 46.3 Å². The topological polar surface area (TPSA) is 103 Å². The Hall–Kier alpha value is -8.14. The molecule has 8 nitrogen and oxygen atoms in total. The summed E-state index contributed by atoms with van der Waals surface area (Å²) in [5, 5.41) is 3.99. The number of rotatable bonds is 10. The second kappa shape index (κ2) is 16.6. The Morgan fingerprint density at radius 2 is 0.475 bits per heavy atom. The number of hydrogen-bond acceptors (Lipinski definition) is 8. The predicted octanol–water partition coefficient (Wildman–Crippen LogP) is 8.23. The molecular formula is C52H36N8Si. The Kier molecular flexibility index (Phi) is 10.1. The van der Waals surface area contributed by atoms with Crippen molar-refractivity contribution < 1.29 is 0 Å². The van der Waals surface area contributed by atoms with Gasteiger partial charge in [-0.2, -0.15) is 0 Å². The number of nitrogens with zero attached hydrogens (tertiary/aromatic N) is 8. The van der Waals surface area contributed by atoms with Crippen LogP contribution in [0.3, 0.4) is 0 Å². The van der Waals surface area contributed by atoms with Crippen LogP contribution >= 0.6 is 0 Å². The number of pyridine rings is 2. The molecule has 4 heterocycles. The van der Waals surface area contributed by atoms with Crippen molar-refractivity contribution in [3.63, 3.8) is 0 Å². The highest BCUT2D eigenvalue weighted by atomic mass is 28.3. The summed E-state index contributed by atoms with van der Waals surface area (Å²) < 4.78 is 0. The van der Waals surface area contributed by atoms with E-state index in [1.165, 1.54) is 0 Å². The molecule has 0 radical (unpaired) electrons. The molecule has 0 aliphatic rings. The first-order valence-electron chi connectivity index (χ1n) is 20.0. The van der Waals surface area contributed by atoms with E-state index in [1.807, 2.05) is 158 Å². The Morgan fingerprint density at radius 1 is 0.213 bits per heavy atom. The van der Waals surface area contributed by atoms with Crippen LogP contribution in [0, 0.1) is 0 Å². The first-order valence-corrected chi connectivity index (χ1v) is 22.0. The van der Waals surface area contributed by atoms with Crippen LogP contribution in [0.1, 0.15) is 0 Å². The first kappa shape index (κ1) is 37.1. The minimum absolute atomic E-state index is 0.479. The summed E-state index contributed by atoms with van der Waals surface area (Å²) >= 11 is 0. The fourth-order valence-electron chi connectivity index (χ4n) is 7.65. The molecule has 0 aliphatic heterocycles. The molecule has 0 bridgehead atoms. The highest BCUT2D eigenvalue weighted by Crippen LogP contribution is 2.26. The van der Waals surface area contributed by atoms with E-state index in [9.17, 15) is 0 Å². The third kappa shape index (κ3) is 7.41. The maximum absolute atomic E-state index is 5.55. The van der Waals surface area contributed by atoms with Gasteiger partial charge in [-0.15, -0.1) is 0 Å². The Balaban J connectivity index is 1.20. The minimum atomic E-state index is -3.30. The lowest BCUT2D eigenvalue weighted by atomic mass is 10.2. The van der Waals surface area contributed by atoms with Crippen molar-refractivity contribution in [2.75, 3.05) is 0 Å². The van der Waals surface area contributed by atoms with Crippen LogP contribution in [0.5, 0.6) is 0 Å². The molecule has 0 aliphatic carbocycles. The van der Waals surface area contributed by atoms with Crippen molar-refractivity contribution in [3.8, 4) is 68.6 Å². The van der Waals surface area contributed by atoms with E-state index in [4.69, 9.17) is 39.9 Å². The maximum Gasteiger partial charge on any atom is 0.223 e. The van der Waals surface area contributed by atoms with Gasteiger partial charge in [-0.25, -0.2) is 29.9 Å². The third-order valence-corrected chi connectivity index (χ3v) is 15.0. The summed E-state index contributed by atoms with van der Waals surface area (Å²) in [5.41, 5.74) is 4.83. The molecule has 4 aromatic heterocycles. The van der Waals surface area contributed by atoms with Gasteiger partial charge in [0, 0.05) is 32.9 Å². The largest absolute Gasteiger partial charge is 0.253 e. The number of hydrogen-bond donors (Lipinski definition) is 0. The molecule has 10 rings (SSSR count). The zero-order valence-corrected chi connectivity index (χ0v) is 33.9. The summed E-state index contributed by atoms with van der Waals surface area (Å²) in [5.74, 6) is 3.25. The summed E-state index contributed by atoms with van der Waals surface area (Å²) in [6, 6.07) is 73.4. The standard InChI is InChI=1S/C52H36N8Si/c1-7-21-37(22-8-1)47-55-48(38-23-9-2-10-24-38)58-51(57-47)43-33-19-35-45(53-43)61(41-29-15-5-16-30-41,42-31-17-6-18-32-42)46-36-20-34-44(54-46)52-59-49(39-25-11-3-12-26-39)56-50(60-52)40-27-13-4-14-28-40/h1-36H. The van der Waals surface area contributed by atoms with Gasteiger partial charge in [-0.3, -0.25) is 9.97 Å². The first-order chi connectivity index (χ1) is 30.2. The monoisotopic (exact) mass is 800 g/mol. The molecule has 288 valence electrons. The van der Waals surface area contributed by atoms with E-state index in [0.717, 1.165) is 43.3 Å². The van der Waals surface area contributed by atoms with Gasteiger partial charge in [0.2, 0.25) is 8.07 Å². The molecule has 61 heavy (non-hydrogen) atoms. The van der Waals surface area contributed by atoms with Crippen molar-refractivity contribution in [2.24, 2.45) is 0 Å². The lowest BCUT2D eigenvalue weighted by Crippen LogP contribution is -2.76. The third-order valence-electron chi connectivity index (χ3n) is 10.5. The number of aromatic nitrogens is 8. The molecule has 0 atom stereocenters. The molecular weight excluding hydrogens is 765 g/mol. The van der Waals surface area contributed by atoms with Gasteiger partial charge in [0.1, 0.15) is 11.4 Å². The highest BCUT2D eigenvalue weighted by molar-refractivity contribution is 7.19. The van der Waals surface area contributed by atoms with Crippen molar-refractivity contribution in [3.05, 3.63) is 218 Å². The van der Waals surface area contributed by atoms with E-state index in [2.05, 4.69) is 60.7 Å². The molecule has 0 N–H and O–H groups in total. The van der Waals surface area contributed by atoms with E-state index in [-0.39, 0.29) is 0 Å². The quantitative estimate of drug-likeness (QED) is 0.128. The summed E-state index contributed by atoms with van der Waals surface area (Å²) in [4.78, 5) is 41.2. The van der Waals surface area contributed by atoms with Crippen LogP contribution in [-0.2, 0) is 0 Å². The fourth-order valence-corrected chi connectivity index (χ4v) is 12.1. The van der Waals surface area contributed by atoms with Crippen molar-refractivity contribution >= 4 is 29.1 Å². The minimum Gasteiger partial charge on any atom is -0.253 e. The molecule has 0 saturated carbocycles.